The van der Waals surface area contributed by atoms with Crippen LogP contribution in [0.15, 0.2) is 0 Å². The Morgan fingerprint density at radius 3 is 2.20 bits per heavy atom. The Labute approximate surface area is 95.8 Å². The summed E-state index contributed by atoms with van der Waals surface area (Å²) in [6.07, 6.45) is 8.18. The van der Waals surface area contributed by atoms with Crippen LogP contribution in [0.4, 0.5) is 0 Å². The van der Waals surface area contributed by atoms with Crippen molar-refractivity contribution in [3.05, 3.63) is 0 Å². The molecule has 2 heteroatoms. The molecular formula is C13H29NO. The molecule has 0 atom stereocenters. The molecule has 0 aromatic rings. The first-order valence-corrected chi connectivity index (χ1v) is 6.38. The summed E-state index contributed by atoms with van der Waals surface area (Å²) in [5.41, 5.74) is -0.0256. The van der Waals surface area contributed by atoms with E-state index in [0.29, 0.717) is 0 Å². The number of methoxy groups -OCH3 is 1. The molecule has 0 aromatic heterocycles. The quantitative estimate of drug-likeness (QED) is 0.564. The highest BCUT2D eigenvalue weighted by Gasteiger charge is 2.14. The number of unbranched alkanes of at least 4 members (excludes halogenated alkanes) is 5. The minimum atomic E-state index is -0.0256. The Morgan fingerprint density at radius 2 is 1.60 bits per heavy atom. The largest absolute Gasteiger partial charge is 0.377 e. The van der Waals surface area contributed by atoms with Gasteiger partial charge < -0.3 is 10.1 Å². The maximum atomic E-state index is 5.33. The van der Waals surface area contributed by atoms with Gasteiger partial charge in [-0.15, -0.1) is 0 Å². The lowest BCUT2D eigenvalue weighted by atomic mass is 10.1. The molecule has 0 aliphatic carbocycles. The van der Waals surface area contributed by atoms with Crippen molar-refractivity contribution >= 4 is 0 Å². The van der Waals surface area contributed by atoms with Crippen molar-refractivity contribution in [3.8, 4) is 0 Å². The lowest BCUT2D eigenvalue weighted by molar-refractivity contribution is 0.0234. The van der Waals surface area contributed by atoms with Gasteiger partial charge in [-0.05, 0) is 26.8 Å². The van der Waals surface area contributed by atoms with E-state index in [-0.39, 0.29) is 5.60 Å². The second-order valence-corrected chi connectivity index (χ2v) is 4.91. The zero-order valence-corrected chi connectivity index (χ0v) is 11.1. The van der Waals surface area contributed by atoms with Gasteiger partial charge in [0.2, 0.25) is 0 Å². The third-order valence-electron chi connectivity index (χ3n) is 2.81. The van der Waals surface area contributed by atoms with Crippen molar-refractivity contribution in [1.29, 1.82) is 0 Å². The minimum Gasteiger partial charge on any atom is -0.377 e. The number of hydrogen-bond acceptors (Lipinski definition) is 2. The van der Waals surface area contributed by atoms with Crippen LogP contribution in [0, 0.1) is 0 Å². The van der Waals surface area contributed by atoms with E-state index in [2.05, 4.69) is 26.1 Å². The minimum absolute atomic E-state index is 0.0256. The highest BCUT2D eigenvalue weighted by molar-refractivity contribution is 4.70. The van der Waals surface area contributed by atoms with Gasteiger partial charge in [0.1, 0.15) is 0 Å². The average Bonchev–Trinajstić information content (AvgIpc) is 2.22. The van der Waals surface area contributed by atoms with Crippen LogP contribution in [0.25, 0.3) is 0 Å². The van der Waals surface area contributed by atoms with Gasteiger partial charge in [-0.1, -0.05) is 39.0 Å². The summed E-state index contributed by atoms with van der Waals surface area (Å²) in [6, 6.07) is 0. The van der Waals surface area contributed by atoms with E-state index in [1.165, 1.54) is 38.5 Å². The van der Waals surface area contributed by atoms with Crippen LogP contribution in [0.1, 0.15) is 59.3 Å². The zero-order chi connectivity index (χ0) is 11.6. The zero-order valence-electron chi connectivity index (χ0n) is 11.1. The fourth-order valence-corrected chi connectivity index (χ4v) is 1.49. The van der Waals surface area contributed by atoms with Gasteiger partial charge >= 0.3 is 0 Å². The fourth-order valence-electron chi connectivity index (χ4n) is 1.49. The van der Waals surface area contributed by atoms with Crippen molar-refractivity contribution in [2.75, 3.05) is 20.2 Å². The van der Waals surface area contributed by atoms with Gasteiger partial charge in [-0.25, -0.2) is 0 Å². The summed E-state index contributed by atoms with van der Waals surface area (Å²) < 4.78 is 5.33. The molecule has 0 amide bonds. The Balaban J connectivity index is 3.11. The summed E-state index contributed by atoms with van der Waals surface area (Å²) in [5.74, 6) is 0. The SMILES string of the molecule is CCCCCCCCNCC(C)(C)OC. The van der Waals surface area contributed by atoms with Gasteiger partial charge in [0.25, 0.3) is 0 Å². The number of rotatable bonds is 10. The molecule has 92 valence electrons. The standard InChI is InChI=1S/C13H29NO/c1-5-6-7-8-9-10-11-14-12-13(2,3)15-4/h14H,5-12H2,1-4H3. The van der Waals surface area contributed by atoms with Crippen LogP contribution >= 0.6 is 0 Å². The first kappa shape index (κ1) is 14.9. The molecule has 0 saturated heterocycles. The Kier molecular flexibility index (Phi) is 9.12. The van der Waals surface area contributed by atoms with Gasteiger partial charge in [0.05, 0.1) is 5.60 Å². The van der Waals surface area contributed by atoms with E-state index >= 15 is 0 Å². The predicted molar refractivity (Wildman–Crippen MR) is 67.3 cm³/mol. The van der Waals surface area contributed by atoms with E-state index in [1.54, 1.807) is 7.11 Å². The molecule has 0 heterocycles. The van der Waals surface area contributed by atoms with Crippen molar-refractivity contribution in [2.24, 2.45) is 0 Å². The Bertz CT molecular complexity index is 134. The first-order chi connectivity index (χ1) is 7.12. The van der Waals surface area contributed by atoms with Gasteiger partial charge in [0, 0.05) is 13.7 Å². The van der Waals surface area contributed by atoms with Crippen molar-refractivity contribution < 1.29 is 4.74 Å². The maximum absolute atomic E-state index is 5.33. The van der Waals surface area contributed by atoms with E-state index in [9.17, 15) is 0 Å². The molecule has 0 aliphatic rings. The smallest absolute Gasteiger partial charge is 0.0746 e. The molecule has 0 radical (unpaired) electrons. The van der Waals surface area contributed by atoms with E-state index in [0.717, 1.165) is 13.1 Å². The summed E-state index contributed by atoms with van der Waals surface area (Å²) in [6.45, 7) is 8.55. The molecule has 0 aromatic carbocycles. The monoisotopic (exact) mass is 215 g/mol. The molecule has 2 nitrogen and oxygen atoms in total. The molecule has 0 bridgehead atoms. The van der Waals surface area contributed by atoms with Crippen LogP contribution in [0.3, 0.4) is 0 Å². The predicted octanol–water partition coefficient (Wildman–Crippen LogP) is 3.36. The third kappa shape index (κ3) is 10.2. The van der Waals surface area contributed by atoms with E-state index in [1.807, 2.05) is 0 Å². The second kappa shape index (κ2) is 9.17. The molecule has 15 heavy (non-hydrogen) atoms. The maximum Gasteiger partial charge on any atom is 0.0746 e. The molecule has 0 saturated carbocycles. The van der Waals surface area contributed by atoms with Crippen LogP contribution < -0.4 is 5.32 Å². The summed E-state index contributed by atoms with van der Waals surface area (Å²) in [4.78, 5) is 0. The van der Waals surface area contributed by atoms with E-state index < -0.39 is 0 Å². The Morgan fingerprint density at radius 1 is 1.00 bits per heavy atom. The molecule has 0 aliphatic heterocycles. The fraction of sp³-hybridized carbons (Fsp3) is 1.00. The van der Waals surface area contributed by atoms with Crippen molar-refractivity contribution in [1.82, 2.24) is 5.32 Å². The second-order valence-electron chi connectivity index (χ2n) is 4.91. The molecule has 0 unspecified atom stereocenters. The third-order valence-corrected chi connectivity index (χ3v) is 2.81. The van der Waals surface area contributed by atoms with Gasteiger partial charge in [-0.3, -0.25) is 0 Å². The number of nitrogens with one attached hydrogen (secondary N) is 1. The van der Waals surface area contributed by atoms with Crippen LogP contribution in [0.5, 0.6) is 0 Å². The topological polar surface area (TPSA) is 21.3 Å². The average molecular weight is 215 g/mol. The summed E-state index contributed by atoms with van der Waals surface area (Å²) in [5, 5.41) is 3.44. The van der Waals surface area contributed by atoms with Crippen molar-refractivity contribution in [2.45, 2.75) is 64.9 Å². The van der Waals surface area contributed by atoms with Crippen LogP contribution in [-0.4, -0.2) is 25.8 Å². The highest BCUT2D eigenvalue weighted by Crippen LogP contribution is 2.06. The van der Waals surface area contributed by atoms with Crippen LogP contribution in [-0.2, 0) is 4.74 Å². The molecular weight excluding hydrogens is 186 g/mol. The van der Waals surface area contributed by atoms with Gasteiger partial charge in [0.15, 0.2) is 0 Å². The first-order valence-electron chi connectivity index (χ1n) is 6.38. The highest BCUT2D eigenvalue weighted by atomic mass is 16.5. The molecule has 0 fully saturated rings. The summed E-state index contributed by atoms with van der Waals surface area (Å²) >= 11 is 0. The normalized spacial score (nSPS) is 12.0. The Hall–Kier alpha value is -0.0800. The number of hydrogen-bond donors (Lipinski definition) is 1. The molecule has 0 spiro atoms. The van der Waals surface area contributed by atoms with Crippen molar-refractivity contribution in [3.63, 3.8) is 0 Å². The summed E-state index contributed by atoms with van der Waals surface area (Å²) in [7, 11) is 1.77. The lowest BCUT2D eigenvalue weighted by Crippen LogP contribution is -2.37. The molecule has 0 rings (SSSR count). The molecule has 1 N–H and O–H groups in total. The number of ether oxygens (including phenoxy) is 1. The van der Waals surface area contributed by atoms with Gasteiger partial charge in [-0.2, -0.15) is 0 Å². The lowest BCUT2D eigenvalue weighted by Gasteiger charge is -2.23. The van der Waals surface area contributed by atoms with Crippen LogP contribution in [0.2, 0.25) is 0 Å². The van der Waals surface area contributed by atoms with E-state index in [4.69, 9.17) is 4.74 Å².